The van der Waals surface area contributed by atoms with Gasteiger partial charge in [0.15, 0.2) is 5.76 Å². The third-order valence-corrected chi connectivity index (χ3v) is 5.84. The van der Waals surface area contributed by atoms with Gasteiger partial charge in [0, 0.05) is 20.1 Å². The number of ether oxygens (including phenoxy) is 3. The van der Waals surface area contributed by atoms with Gasteiger partial charge in [0.2, 0.25) is 5.78 Å². The first kappa shape index (κ1) is 20.7. The van der Waals surface area contributed by atoms with Gasteiger partial charge in [0.25, 0.3) is 0 Å². The Morgan fingerprint density at radius 1 is 0.967 bits per heavy atom. The summed E-state index contributed by atoms with van der Waals surface area (Å²) in [5.74, 6) is 1.98. The van der Waals surface area contributed by atoms with Gasteiger partial charge in [-0.15, -0.1) is 0 Å². The van der Waals surface area contributed by atoms with Gasteiger partial charge in [-0.2, -0.15) is 0 Å². The highest BCUT2D eigenvalue weighted by Crippen LogP contribution is 2.40. The zero-order chi connectivity index (χ0) is 21.3. The molecule has 30 heavy (non-hydrogen) atoms. The van der Waals surface area contributed by atoms with Crippen LogP contribution < -0.4 is 14.2 Å². The van der Waals surface area contributed by atoms with Crippen LogP contribution in [0.3, 0.4) is 0 Å². The monoisotopic (exact) mass is 528 g/mol. The number of hydrogen-bond donors (Lipinski definition) is 0. The van der Waals surface area contributed by atoms with E-state index in [1.54, 1.807) is 19.3 Å². The van der Waals surface area contributed by atoms with Crippen molar-refractivity contribution in [1.82, 2.24) is 0 Å². The van der Waals surface area contributed by atoms with Gasteiger partial charge < -0.3 is 14.2 Å². The molecule has 152 valence electrons. The SMILES string of the molecule is COc1ccc(Br)cc1/C=C1\Oc2c(ccc(OCc3ccc(Br)cc3)c2C)C1=O. The lowest BCUT2D eigenvalue weighted by Gasteiger charge is -2.11. The average Bonchev–Trinajstić information content (AvgIpc) is 3.05. The first-order valence-electron chi connectivity index (χ1n) is 9.25. The number of carbonyl (C=O) groups is 1. The maximum absolute atomic E-state index is 12.9. The first-order valence-corrected chi connectivity index (χ1v) is 10.8. The molecule has 0 fully saturated rings. The lowest BCUT2D eigenvalue weighted by Crippen LogP contribution is -1.99. The van der Waals surface area contributed by atoms with Crippen LogP contribution in [0.5, 0.6) is 17.2 Å². The molecule has 3 aromatic carbocycles. The van der Waals surface area contributed by atoms with E-state index in [9.17, 15) is 4.79 Å². The van der Waals surface area contributed by atoms with E-state index in [1.165, 1.54) is 0 Å². The van der Waals surface area contributed by atoms with Crippen molar-refractivity contribution < 1.29 is 19.0 Å². The number of allylic oxidation sites excluding steroid dienone is 1. The summed E-state index contributed by atoms with van der Waals surface area (Å²) in [7, 11) is 1.59. The number of carbonyl (C=O) groups excluding carboxylic acids is 1. The molecule has 0 N–H and O–H groups in total. The minimum atomic E-state index is -0.158. The van der Waals surface area contributed by atoms with Crippen LogP contribution in [-0.2, 0) is 6.61 Å². The van der Waals surface area contributed by atoms with Gasteiger partial charge in [-0.1, -0.05) is 44.0 Å². The van der Waals surface area contributed by atoms with Crippen molar-refractivity contribution in [3.05, 3.63) is 91.6 Å². The van der Waals surface area contributed by atoms with E-state index in [1.807, 2.05) is 55.5 Å². The highest BCUT2D eigenvalue weighted by Gasteiger charge is 2.30. The number of hydrogen-bond acceptors (Lipinski definition) is 4. The predicted molar refractivity (Wildman–Crippen MR) is 123 cm³/mol. The van der Waals surface area contributed by atoms with E-state index in [0.29, 0.717) is 29.4 Å². The molecule has 1 heterocycles. The van der Waals surface area contributed by atoms with Crippen LogP contribution in [0.25, 0.3) is 6.08 Å². The fourth-order valence-electron chi connectivity index (χ4n) is 3.23. The second kappa shape index (κ2) is 8.66. The van der Waals surface area contributed by atoms with Crippen LogP contribution in [0.15, 0.2) is 69.3 Å². The van der Waals surface area contributed by atoms with Gasteiger partial charge in [0.05, 0.1) is 12.7 Å². The predicted octanol–water partition coefficient (Wildman–Crippen LogP) is 6.72. The van der Waals surface area contributed by atoms with Gasteiger partial charge >= 0.3 is 0 Å². The molecule has 0 spiro atoms. The summed E-state index contributed by atoms with van der Waals surface area (Å²) < 4.78 is 19.2. The highest BCUT2D eigenvalue weighted by molar-refractivity contribution is 9.10. The molecule has 1 aliphatic heterocycles. The number of methoxy groups -OCH3 is 1. The summed E-state index contributed by atoms with van der Waals surface area (Å²) in [5.41, 5.74) is 3.14. The Morgan fingerprint density at radius 2 is 1.67 bits per heavy atom. The number of Topliss-reactive ketones (excluding diaryl/α,β-unsaturated/α-hetero) is 1. The smallest absolute Gasteiger partial charge is 0.231 e. The Kier molecular flexibility index (Phi) is 5.97. The molecular weight excluding hydrogens is 512 g/mol. The van der Waals surface area contributed by atoms with Crippen LogP contribution in [0.1, 0.15) is 27.0 Å². The van der Waals surface area contributed by atoms with Crippen molar-refractivity contribution in [2.75, 3.05) is 7.11 Å². The Hall–Kier alpha value is -2.57. The van der Waals surface area contributed by atoms with E-state index in [-0.39, 0.29) is 11.5 Å². The molecule has 0 bridgehead atoms. The molecule has 0 amide bonds. The lowest BCUT2D eigenvalue weighted by molar-refractivity contribution is 0.101. The average molecular weight is 530 g/mol. The summed E-state index contributed by atoms with van der Waals surface area (Å²) in [6.07, 6.45) is 1.70. The summed E-state index contributed by atoms with van der Waals surface area (Å²) in [6.45, 7) is 2.32. The molecule has 3 aromatic rings. The van der Waals surface area contributed by atoms with Crippen molar-refractivity contribution in [3.8, 4) is 17.2 Å². The third kappa shape index (κ3) is 4.16. The maximum atomic E-state index is 12.9. The minimum absolute atomic E-state index is 0.158. The zero-order valence-corrected chi connectivity index (χ0v) is 19.5. The number of ketones is 1. The Bertz CT molecular complexity index is 1150. The fraction of sp³-hybridized carbons (Fsp3) is 0.125. The molecule has 0 saturated carbocycles. The molecule has 0 aliphatic carbocycles. The molecule has 0 unspecified atom stereocenters. The largest absolute Gasteiger partial charge is 0.496 e. The summed E-state index contributed by atoms with van der Waals surface area (Å²) in [6, 6.07) is 17.1. The Labute approximate surface area is 191 Å². The summed E-state index contributed by atoms with van der Waals surface area (Å²) >= 11 is 6.88. The second-order valence-corrected chi connectivity index (χ2v) is 8.64. The molecule has 0 saturated heterocycles. The van der Waals surface area contributed by atoms with Crippen LogP contribution in [0.4, 0.5) is 0 Å². The van der Waals surface area contributed by atoms with E-state index in [4.69, 9.17) is 14.2 Å². The number of rotatable bonds is 5. The first-order chi connectivity index (χ1) is 14.5. The Balaban J connectivity index is 1.59. The topological polar surface area (TPSA) is 44.8 Å². The molecule has 6 heteroatoms. The Morgan fingerprint density at radius 3 is 2.40 bits per heavy atom. The molecule has 4 rings (SSSR count). The quantitative estimate of drug-likeness (QED) is 0.344. The highest BCUT2D eigenvalue weighted by atomic mass is 79.9. The lowest BCUT2D eigenvalue weighted by atomic mass is 10.1. The van der Waals surface area contributed by atoms with Gasteiger partial charge in [-0.3, -0.25) is 4.79 Å². The van der Waals surface area contributed by atoms with Gasteiger partial charge in [-0.25, -0.2) is 0 Å². The molecule has 1 aliphatic rings. The van der Waals surface area contributed by atoms with Gasteiger partial charge in [0.1, 0.15) is 23.9 Å². The summed E-state index contributed by atoms with van der Waals surface area (Å²) in [5, 5.41) is 0. The molecule has 4 nitrogen and oxygen atoms in total. The van der Waals surface area contributed by atoms with Crippen molar-refractivity contribution in [1.29, 1.82) is 0 Å². The van der Waals surface area contributed by atoms with Crippen molar-refractivity contribution in [2.24, 2.45) is 0 Å². The van der Waals surface area contributed by atoms with E-state index >= 15 is 0 Å². The van der Waals surface area contributed by atoms with E-state index in [2.05, 4.69) is 31.9 Å². The minimum Gasteiger partial charge on any atom is -0.496 e. The normalized spacial score (nSPS) is 13.9. The van der Waals surface area contributed by atoms with Crippen LogP contribution in [0, 0.1) is 6.92 Å². The molecular formula is C24H18Br2O4. The van der Waals surface area contributed by atoms with Crippen LogP contribution in [-0.4, -0.2) is 12.9 Å². The standard InChI is InChI=1S/C24H18Br2O4/c1-14-20(29-13-15-3-5-17(25)6-4-15)10-8-19-23(27)22(30-24(14)19)12-16-11-18(26)7-9-21(16)28-2/h3-12H,13H2,1-2H3/b22-12-. The number of fused-ring (bicyclic) bond motifs is 1. The van der Waals surface area contributed by atoms with E-state index < -0.39 is 0 Å². The number of benzene rings is 3. The number of halogens is 2. The van der Waals surface area contributed by atoms with Crippen LogP contribution in [0.2, 0.25) is 0 Å². The second-order valence-electron chi connectivity index (χ2n) is 6.81. The fourth-order valence-corrected chi connectivity index (χ4v) is 3.87. The molecule has 0 atom stereocenters. The van der Waals surface area contributed by atoms with Crippen molar-refractivity contribution in [3.63, 3.8) is 0 Å². The maximum Gasteiger partial charge on any atom is 0.231 e. The van der Waals surface area contributed by atoms with Crippen LogP contribution >= 0.6 is 31.9 Å². The van der Waals surface area contributed by atoms with Crippen molar-refractivity contribution in [2.45, 2.75) is 13.5 Å². The molecule has 0 radical (unpaired) electrons. The van der Waals surface area contributed by atoms with Gasteiger partial charge in [-0.05, 0) is 61.0 Å². The molecule has 0 aromatic heterocycles. The summed E-state index contributed by atoms with van der Waals surface area (Å²) in [4.78, 5) is 12.9. The van der Waals surface area contributed by atoms with Crippen molar-refractivity contribution >= 4 is 43.7 Å². The third-order valence-electron chi connectivity index (χ3n) is 4.82. The zero-order valence-electron chi connectivity index (χ0n) is 16.4. The van der Waals surface area contributed by atoms with E-state index in [0.717, 1.165) is 25.6 Å².